The zero-order valence-corrected chi connectivity index (χ0v) is 14.8. The van der Waals surface area contributed by atoms with E-state index in [2.05, 4.69) is 41.5 Å². The van der Waals surface area contributed by atoms with Crippen LogP contribution in [0.15, 0.2) is 0 Å². The van der Waals surface area contributed by atoms with E-state index in [1.807, 2.05) is 0 Å². The lowest BCUT2D eigenvalue weighted by atomic mass is 9.84. The Morgan fingerprint density at radius 2 is 1.57 bits per heavy atom. The number of thiophene rings is 1. The molecule has 118 valence electrons. The standard InChI is InChI=1S/C18H26F2S/c1-16(2,3)14-11-9-10-7-8-18(19,20)13(10)12(11)15(21-14)17(4,5)6/h10,13H,7-9H2,1-6H3. The van der Waals surface area contributed by atoms with Gasteiger partial charge >= 0.3 is 0 Å². The first-order chi connectivity index (χ1) is 9.43. The Bertz CT molecular complexity index is 569. The van der Waals surface area contributed by atoms with Gasteiger partial charge in [-0.2, -0.15) is 0 Å². The monoisotopic (exact) mass is 312 g/mol. The summed E-state index contributed by atoms with van der Waals surface area (Å²) < 4.78 is 28.9. The Labute approximate surface area is 131 Å². The largest absolute Gasteiger partial charge is 0.255 e. The van der Waals surface area contributed by atoms with E-state index in [4.69, 9.17) is 0 Å². The second-order valence-corrected chi connectivity index (χ2v) is 9.91. The third kappa shape index (κ3) is 2.27. The summed E-state index contributed by atoms with van der Waals surface area (Å²) in [6, 6.07) is 0. The minimum atomic E-state index is -2.51. The predicted molar refractivity (Wildman–Crippen MR) is 85.8 cm³/mol. The molecule has 2 aliphatic rings. The van der Waals surface area contributed by atoms with E-state index in [1.54, 1.807) is 11.3 Å². The molecular formula is C18H26F2S. The normalized spacial score (nSPS) is 27.8. The van der Waals surface area contributed by atoms with Gasteiger partial charge in [0.25, 0.3) is 5.92 Å². The van der Waals surface area contributed by atoms with Gasteiger partial charge in [-0.15, -0.1) is 11.3 Å². The molecule has 2 unspecified atom stereocenters. The fourth-order valence-corrected chi connectivity index (χ4v) is 5.64. The van der Waals surface area contributed by atoms with E-state index in [-0.39, 0.29) is 23.2 Å². The Balaban J connectivity index is 2.23. The minimum absolute atomic E-state index is 0.0478. The summed E-state index contributed by atoms with van der Waals surface area (Å²) in [5.41, 5.74) is 2.30. The van der Waals surface area contributed by atoms with Gasteiger partial charge in [-0.05, 0) is 40.7 Å². The number of halogens is 2. The van der Waals surface area contributed by atoms with Crippen LogP contribution in [0.5, 0.6) is 0 Å². The maximum absolute atomic E-state index is 14.5. The third-order valence-electron chi connectivity index (χ3n) is 4.96. The van der Waals surface area contributed by atoms with Crippen LogP contribution in [-0.4, -0.2) is 5.92 Å². The van der Waals surface area contributed by atoms with Crippen LogP contribution >= 0.6 is 11.3 Å². The molecule has 0 radical (unpaired) electrons. The molecular weight excluding hydrogens is 286 g/mol. The number of fused-ring (bicyclic) bond motifs is 3. The SMILES string of the molecule is CC(C)(C)c1sc(C(C)(C)C)c2c1CC1CCC(F)(F)C21. The Hall–Kier alpha value is -0.440. The number of hydrogen-bond donors (Lipinski definition) is 0. The molecule has 0 N–H and O–H groups in total. The molecule has 2 atom stereocenters. The second kappa shape index (κ2) is 4.31. The van der Waals surface area contributed by atoms with Crippen LogP contribution in [0.2, 0.25) is 0 Å². The zero-order chi connectivity index (χ0) is 15.8. The molecule has 0 spiro atoms. The van der Waals surface area contributed by atoms with Crippen LogP contribution in [0.3, 0.4) is 0 Å². The topological polar surface area (TPSA) is 0 Å². The molecule has 1 fully saturated rings. The average Bonchev–Trinajstić information content (AvgIpc) is 2.84. The lowest BCUT2D eigenvalue weighted by Crippen LogP contribution is -2.23. The van der Waals surface area contributed by atoms with Crippen molar-refractivity contribution in [2.75, 3.05) is 0 Å². The molecule has 3 rings (SSSR count). The van der Waals surface area contributed by atoms with Crippen molar-refractivity contribution in [1.29, 1.82) is 0 Å². The Morgan fingerprint density at radius 1 is 1.00 bits per heavy atom. The molecule has 0 aromatic carbocycles. The van der Waals surface area contributed by atoms with Crippen molar-refractivity contribution in [1.82, 2.24) is 0 Å². The van der Waals surface area contributed by atoms with Crippen molar-refractivity contribution < 1.29 is 8.78 Å². The molecule has 1 aromatic rings. The minimum Gasteiger partial charge on any atom is -0.206 e. The van der Waals surface area contributed by atoms with Gasteiger partial charge in [0.15, 0.2) is 0 Å². The van der Waals surface area contributed by atoms with Gasteiger partial charge in [0.1, 0.15) is 0 Å². The Kier molecular flexibility index (Phi) is 3.17. The summed E-state index contributed by atoms with van der Waals surface area (Å²) >= 11 is 1.79. The van der Waals surface area contributed by atoms with Gasteiger partial charge in [-0.25, -0.2) is 8.78 Å². The molecule has 2 aliphatic carbocycles. The predicted octanol–water partition coefficient (Wildman–Crippen LogP) is 6.03. The highest BCUT2D eigenvalue weighted by Crippen LogP contribution is 2.61. The van der Waals surface area contributed by atoms with E-state index in [9.17, 15) is 8.78 Å². The van der Waals surface area contributed by atoms with Gasteiger partial charge in [-0.1, -0.05) is 41.5 Å². The first-order valence-electron chi connectivity index (χ1n) is 7.97. The van der Waals surface area contributed by atoms with Crippen LogP contribution in [0.4, 0.5) is 8.78 Å². The fourth-order valence-electron chi connectivity index (χ4n) is 4.15. The van der Waals surface area contributed by atoms with Crippen LogP contribution < -0.4 is 0 Å². The highest BCUT2D eigenvalue weighted by atomic mass is 32.1. The van der Waals surface area contributed by atoms with Crippen molar-refractivity contribution in [3.63, 3.8) is 0 Å². The van der Waals surface area contributed by atoms with Crippen molar-refractivity contribution in [3.8, 4) is 0 Å². The quantitative estimate of drug-likeness (QED) is 0.549. The highest BCUT2D eigenvalue weighted by Gasteiger charge is 2.57. The van der Waals surface area contributed by atoms with Crippen molar-refractivity contribution in [2.24, 2.45) is 5.92 Å². The summed E-state index contributed by atoms with van der Waals surface area (Å²) in [5, 5.41) is 0. The number of hydrogen-bond acceptors (Lipinski definition) is 1. The van der Waals surface area contributed by atoms with Gasteiger partial charge in [0.05, 0.1) is 5.92 Å². The molecule has 0 amide bonds. The maximum Gasteiger partial charge on any atom is 0.255 e. The van der Waals surface area contributed by atoms with Crippen LogP contribution in [0.25, 0.3) is 0 Å². The molecule has 0 saturated heterocycles. The summed E-state index contributed by atoms with van der Waals surface area (Å²) in [4.78, 5) is 2.55. The molecule has 1 aromatic heterocycles. The van der Waals surface area contributed by atoms with E-state index in [0.717, 1.165) is 12.0 Å². The average molecular weight is 312 g/mol. The van der Waals surface area contributed by atoms with Gasteiger partial charge in [0.2, 0.25) is 0 Å². The summed E-state index contributed by atoms with van der Waals surface area (Å²) in [7, 11) is 0. The van der Waals surface area contributed by atoms with Crippen LogP contribution in [0, 0.1) is 5.92 Å². The molecule has 0 nitrogen and oxygen atoms in total. The lowest BCUT2D eigenvalue weighted by molar-refractivity contribution is -0.0128. The van der Waals surface area contributed by atoms with Gasteiger partial charge in [0, 0.05) is 16.2 Å². The maximum atomic E-state index is 14.5. The molecule has 3 heteroatoms. The summed E-state index contributed by atoms with van der Waals surface area (Å²) in [6.45, 7) is 13.1. The molecule has 21 heavy (non-hydrogen) atoms. The van der Waals surface area contributed by atoms with Gasteiger partial charge in [-0.3, -0.25) is 0 Å². The Morgan fingerprint density at radius 3 is 2.10 bits per heavy atom. The van der Waals surface area contributed by atoms with Crippen molar-refractivity contribution >= 4 is 11.3 Å². The molecule has 0 bridgehead atoms. The lowest BCUT2D eigenvalue weighted by Gasteiger charge is -2.25. The smallest absolute Gasteiger partial charge is 0.206 e. The van der Waals surface area contributed by atoms with Gasteiger partial charge < -0.3 is 0 Å². The van der Waals surface area contributed by atoms with Crippen LogP contribution in [-0.2, 0) is 17.3 Å². The zero-order valence-electron chi connectivity index (χ0n) is 13.9. The second-order valence-electron chi connectivity index (χ2n) is 8.89. The highest BCUT2D eigenvalue weighted by molar-refractivity contribution is 7.12. The van der Waals surface area contributed by atoms with E-state index < -0.39 is 11.8 Å². The number of rotatable bonds is 0. The molecule has 0 aliphatic heterocycles. The van der Waals surface area contributed by atoms with Crippen molar-refractivity contribution in [3.05, 3.63) is 20.9 Å². The number of alkyl halides is 2. The molecule has 1 saturated carbocycles. The van der Waals surface area contributed by atoms with Crippen LogP contribution in [0.1, 0.15) is 81.2 Å². The first kappa shape index (κ1) is 15.5. The third-order valence-corrected chi connectivity index (χ3v) is 7.06. The summed E-state index contributed by atoms with van der Waals surface area (Å²) in [5.74, 6) is -2.86. The fraction of sp³-hybridized carbons (Fsp3) is 0.778. The van der Waals surface area contributed by atoms with Crippen molar-refractivity contribution in [2.45, 2.75) is 83.5 Å². The first-order valence-corrected chi connectivity index (χ1v) is 8.79. The molecule has 1 heterocycles. The summed E-state index contributed by atoms with van der Waals surface area (Å²) in [6.07, 6.45) is 1.63. The van der Waals surface area contributed by atoms with E-state index >= 15 is 0 Å². The van der Waals surface area contributed by atoms with E-state index in [0.29, 0.717) is 6.42 Å². The van der Waals surface area contributed by atoms with E-state index in [1.165, 1.54) is 15.3 Å².